The predicted octanol–water partition coefficient (Wildman–Crippen LogP) is 2.60. The molecule has 0 bridgehead atoms. The lowest BCUT2D eigenvalue weighted by Gasteiger charge is -2.21. The topological polar surface area (TPSA) is 55.3 Å². The molecule has 0 radical (unpaired) electrons. The molecule has 1 unspecified atom stereocenters. The highest BCUT2D eigenvalue weighted by atomic mass is 32.2. The van der Waals surface area contributed by atoms with Gasteiger partial charge in [0.1, 0.15) is 5.52 Å². The van der Waals surface area contributed by atoms with Gasteiger partial charge in [-0.15, -0.1) is 0 Å². The van der Waals surface area contributed by atoms with Gasteiger partial charge >= 0.3 is 0 Å². The molecule has 0 aliphatic rings. The van der Waals surface area contributed by atoms with E-state index in [0.717, 1.165) is 16.9 Å². The molecule has 4 nitrogen and oxygen atoms in total. The minimum absolute atomic E-state index is 0.385. The number of nitrogen functional groups attached to an aromatic ring is 1. The van der Waals surface area contributed by atoms with E-state index in [1.807, 2.05) is 35.8 Å². The molecule has 0 aliphatic heterocycles. The van der Waals surface area contributed by atoms with Crippen molar-refractivity contribution in [3.63, 3.8) is 0 Å². The zero-order valence-electron chi connectivity index (χ0n) is 10.3. The third-order valence-electron chi connectivity index (χ3n) is 2.77. The van der Waals surface area contributed by atoms with Gasteiger partial charge in [0.15, 0.2) is 5.58 Å². The van der Waals surface area contributed by atoms with Gasteiger partial charge in [-0.2, -0.15) is 16.7 Å². The molecule has 0 spiro atoms. The summed E-state index contributed by atoms with van der Waals surface area (Å²) in [6.45, 7) is 2.15. The maximum atomic E-state index is 5.71. The molecule has 1 aromatic carbocycles. The van der Waals surface area contributed by atoms with Crippen molar-refractivity contribution in [2.45, 2.75) is 13.0 Å². The van der Waals surface area contributed by atoms with Crippen LogP contribution in [0.25, 0.3) is 11.1 Å². The molecule has 1 heterocycles. The van der Waals surface area contributed by atoms with Gasteiger partial charge in [-0.1, -0.05) is 0 Å². The zero-order valence-corrected chi connectivity index (χ0v) is 11.1. The van der Waals surface area contributed by atoms with Crippen LogP contribution in [0, 0.1) is 0 Å². The summed E-state index contributed by atoms with van der Waals surface area (Å²) in [6.07, 6.45) is 2.09. The van der Waals surface area contributed by atoms with Crippen LogP contribution in [-0.4, -0.2) is 30.1 Å². The van der Waals surface area contributed by atoms with Crippen LogP contribution < -0.4 is 10.6 Å². The smallest absolute Gasteiger partial charge is 0.298 e. The molecule has 2 aromatic rings. The van der Waals surface area contributed by atoms with E-state index in [2.05, 4.69) is 18.2 Å². The summed E-state index contributed by atoms with van der Waals surface area (Å²) >= 11 is 1.81. The van der Waals surface area contributed by atoms with Crippen molar-refractivity contribution in [1.29, 1.82) is 0 Å². The molecule has 92 valence electrons. The SMILES string of the molecule is CSCC(C)N(C)c1nc2ccc(N)cc2o1. The quantitative estimate of drug-likeness (QED) is 0.846. The highest BCUT2D eigenvalue weighted by molar-refractivity contribution is 7.98. The van der Waals surface area contributed by atoms with Crippen LogP contribution in [0.2, 0.25) is 0 Å². The highest BCUT2D eigenvalue weighted by Gasteiger charge is 2.15. The second-order valence-electron chi connectivity index (χ2n) is 4.14. The summed E-state index contributed by atoms with van der Waals surface area (Å²) in [5, 5.41) is 0. The Morgan fingerprint density at radius 1 is 1.53 bits per heavy atom. The molecule has 2 N–H and O–H groups in total. The molecule has 2 rings (SSSR count). The predicted molar refractivity (Wildman–Crippen MR) is 74.7 cm³/mol. The van der Waals surface area contributed by atoms with Crippen LogP contribution in [0.15, 0.2) is 22.6 Å². The third kappa shape index (κ3) is 2.49. The van der Waals surface area contributed by atoms with Gasteiger partial charge in [-0.05, 0) is 25.3 Å². The first-order valence-corrected chi connectivity index (χ1v) is 6.89. The van der Waals surface area contributed by atoms with Gasteiger partial charge in [-0.25, -0.2) is 0 Å². The number of hydrogen-bond donors (Lipinski definition) is 1. The number of fused-ring (bicyclic) bond motifs is 1. The lowest BCUT2D eigenvalue weighted by molar-refractivity contribution is 0.564. The van der Waals surface area contributed by atoms with Crippen molar-refractivity contribution in [2.24, 2.45) is 0 Å². The fourth-order valence-electron chi connectivity index (χ4n) is 1.62. The van der Waals surface area contributed by atoms with Crippen molar-refractivity contribution >= 4 is 34.6 Å². The number of hydrogen-bond acceptors (Lipinski definition) is 5. The molecule has 17 heavy (non-hydrogen) atoms. The second-order valence-corrected chi connectivity index (χ2v) is 5.05. The summed E-state index contributed by atoms with van der Waals surface area (Å²) in [4.78, 5) is 6.50. The Kier molecular flexibility index (Phi) is 3.47. The first-order valence-electron chi connectivity index (χ1n) is 5.49. The normalized spacial score (nSPS) is 12.9. The average Bonchev–Trinajstić information content (AvgIpc) is 2.71. The molecule has 5 heteroatoms. The second kappa shape index (κ2) is 4.87. The van der Waals surface area contributed by atoms with E-state index in [4.69, 9.17) is 10.2 Å². The van der Waals surface area contributed by atoms with E-state index in [-0.39, 0.29) is 0 Å². The Bertz CT molecular complexity index is 511. The number of nitrogens with zero attached hydrogens (tertiary/aromatic N) is 2. The maximum absolute atomic E-state index is 5.71. The van der Waals surface area contributed by atoms with Gasteiger partial charge < -0.3 is 15.1 Å². The van der Waals surface area contributed by atoms with Crippen LogP contribution in [0.5, 0.6) is 0 Å². The molecular weight excluding hydrogens is 234 g/mol. The Labute approximate surface area is 105 Å². The molecule has 1 atom stereocenters. The van der Waals surface area contributed by atoms with Crippen molar-refractivity contribution in [1.82, 2.24) is 4.98 Å². The van der Waals surface area contributed by atoms with Crippen molar-refractivity contribution < 1.29 is 4.42 Å². The summed E-state index contributed by atoms with van der Waals surface area (Å²) in [5.74, 6) is 1.04. The Balaban J connectivity index is 2.29. The fraction of sp³-hybridized carbons (Fsp3) is 0.417. The van der Waals surface area contributed by atoms with E-state index >= 15 is 0 Å². The highest BCUT2D eigenvalue weighted by Crippen LogP contribution is 2.24. The molecule has 0 amide bonds. The van der Waals surface area contributed by atoms with Gasteiger partial charge in [0.05, 0.1) is 0 Å². The fourth-order valence-corrected chi connectivity index (χ4v) is 2.33. The van der Waals surface area contributed by atoms with E-state index in [1.54, 1.807) is 6.07 Å². The van der Waals surface area contributed by atoms with Crippen molar-refractivity contribution in [3.8, 4) is 0 Å². The molecule has 0 fully saturated rings. The minimum Gasteiger partial charge on any atom is -0.423 e. The third-order valence-corrected chi connectivity index (χ3v) is 3.59. The van der Waals surface area contributed by atoms with Crippen molar-refractivity contribution in [3.05, 3.63) is 18.2 Å². The molecule has 0 saturated carbocycles. The van der Waals surface area contributed by atoms with E-state index in [0.29, 0.717) is 17.7 Å². The summed E-state index contributed by atoms with van der Waals surface area (Å²) in [5.41, 5.74) is 7.99. The average molecular weight is 251 g/mol. The number of oxazole rings is 1. The van der Waals surface area contributed by atoms with Crippen LogP contribution >= 0.6 is 11.8 Å². The number of aromatic nitrogens is 1. The van der Waals surface area contributed by atoms with Gasteiger partial charge in [-0.3, -0.25) is 0 Å². The number of benzene rings is 1. The summed E-state index contributed by atoms with van der Waals surface area (Å²) < 4.78 is 5.70. The van der Waals surface area contributed by atoms with Crippen LogP contribution in [0.3, 0.4) is 0 Å². The van der Waals surface area contributed by atoms with Crippen LogP contribution in [0.4, 0.5) is 11.7 Å². The first kappa shape index (κ1) is 12.1. The first-order chi connectivity index (χ1) is 8.11. The number of anilines is 2. The van der Waals surface area contributed by atoms with Crippen LogP contribution in [0.1, 0.15) is 6.92 Å². The number of rotatable bonds is 4. The lowest BCUT2D eigenvalue weighted by atomic mass is 10.3. The Morgan fingerprint density at radius 2 is 2.29 bits per heavy atom. The van der Waals surface area contributed by atoms with Gasteiger partial charge in [0.2, 0.25) is 0 Å². The molecule has 1 aromatic heterocycles. The maximum Gasteiger partial charge on any atom is 0.298 e. The molecular formula is C12H17N3OS. The zero-order chi connectivity index (χ0) is 12.4. The number of nitrogens with two attached hydrogens (primary N) is 1. The van der Waals surface area contributed by atoms with Crippen molar-refractivity contribution in [2.75, 3.05) is 29.7 Å². The lowest BCUT2D eigenvalue weighted by Crippen LogP contribution is -2.30. The standard InChI is InChI=1S/C12H17N3OS/c1-8(7-17-3)15(2)12-14-10-5-4-9(13)6-11(10)16-12/h4-6,8H,7,13H2,1-3H3. The Hall–Kier alpha value is -1.36. The van der Waals surface area contributed by atoms with E-state index in [1.165, 1.54) is 0 Å². The molecule has 0 aliphatic carbocycles. The Morgan fingerprint density at radius 3 is 3.00 bits per heavy atom. The summed E-state index contributed by atoms with van der Waals surface area (Å²) in [7, 11) is 1.99. The minimum atomic E-state index is 0.385. The molecule has 0 saturated heterocycles. The monoisotopic (exact) mass is 251 g/mol. The van der Waals surface area contributed by atoms with Gasteiger partial charge in [0, 0.05) is 30.6 Å². The van der Waals surface area contributed by atoms with Gasteiger partial charge in [0.25, 0.3) is 6.01 Å². The number of thioether (sulfide) groups is 1. The van der Waals surface area contributed by atoms with E-state index in [9.17, 15) is 0 Å². The van der Waals surface area contributed by atoms with Crippen LogP contribution in [-0.2, 0) is 0 Å². The van der Waals surface area contributed by atoms with E-state index < -0.39 is 0 Å². The largest absolute Gasteiger partial charge is 0.423 e. The summed E-state index contributed by atoms with van der Waals surface area (Å²) in [6, 6.07) is 6.55.